The molecule has 1 rings (SSSR count). The molecule has 0 aliphatic carbocycles. The van der Waals surface area contributed by atoms with Gasteiger partial charge in [-0.1, -0.05) is 13.8 Å². The lowest BCUT2D eigenvalue weighted by molar-refractivity contribution is 0.134. The van der Waals surface area contributed by atoms with Crippen molar-refractivity contribution < 1.29 is 4.74 Å². The monoisotopic (exact) mass is 214 g/mol. The van der Waals surface area contributed by atoms with Gasteiger partial charge in [0.2, 0.25) is 0 Å². The zero-order chi connectivity index (χ0) is 10.4. The fourth-order valence-corrected chi connectivity index (χ4v) is 1.80. The summed E-state index contributed by atoms with van der Waals surface area (Å²) in [6, 6.07) is 0.521. The van der Waals surface area contributed by atoms with Gasteiger partial charge in [0.25, 0.3) is 0 Å². The second kappa shape index (κ2) is 6.11. The van der Waals surface area contributed by atoms with Crippen LogP contribution >= 0.6 is 11.3 Å². The molecule has 1 N–H and O–H groups in total. The molecule has 14 heavy (non-hydrogen) atoms. The van der Waals surface area contributed by atoms with Gasteiger partial charge in [0, 0.05) is 30.3 Å². The fourth-order valence-electron chi connectivity index (χ4n) is 0.991. The molecular formula is C10H18N2OS. The predicted octanol–water partition coefficient (Wildman–Crippen LogP) is 2.18. The van der Waals surface area contributed by atoms with Crippen molar-refractivity contribution in [3.8, 4) is 0 Å². The lowest BCUT2D eigenvalue weighted by Crippen LogP contribution is -2.21. The number of thiazole rings is 1. The maximum absolute atomic E-state index is 5.29. The van der Waals surface area contributed by atoms with Gasteiger partial charge in [-0.15, -0.1) is 11.3 Å². The molecule has 0 saturated carbocycles. The molecule has 3 nitrogen and oxygen atoms in total. The van der Waals surface area contributed by atoms with Gasteiger partial charge in [-0.3, -0.25) is 0 Å². The van der Waals surface area contributed by atoms with E-state index in [1.54, 1.807) is 11.3 Å². The SMILES string of the molecule is CCOCc1ncc(CNC(C)C)s1. The summed E-state index contributed by atoms with van der Waals surface area (Å²) in [5, 5.41) is 4.42. The van der Waals surface area contributed by atoms with E-state index < -0.39 is 0 Å². The number of hydrogen-bond donors (Lipinski definition) is 1. The van der Waals surface area contributed by atoms with Gasteiger partial charge in [-0.05, 0) is 6.92 Å². The Bertz CT molecular complexity index is 260. The second-order valence-corrected chi connectivity index (χ2v) is 4.59. The highest BCUT2D eigenvalue weighted by atomic mass is 32.1. The highest BCUT2D eigenvalue weighted by Gasteiger charge is 2.02. The first-order chi connectivity index (χ1) is 6.72. The van der Waals surface area contributed by atoms with Gasteiger partial charge < -0.3 is 10.1 Å². The second-order valence-electron chi connectivity index (χ2n) is 3.39. The van der Waals surface area contributed by atoms with E-state index in [2.05, 4.69) is 24.1 Å². The van der Waals surface area contributed by atoms with Gasteiger partial charge in [0.05, 0.1) is 6.61 Å². The van der Waals surface area contributed by atoms with Crippen LogP contribution in [0.1, 0.15) is 30.7 Å². The van der Waals surface area contributed by atoms with Gasteiger partial charge in [0.1, 0.15) is 5.01 Å². The highest BCUT2D eigenvalue weighted by Crippen LogP contribution is 2.13. The first-order valence-electron chi connectivity index (χ1n) is 4.97. The molecule has 0 aromatic carbocycles. The van der Waals surface area contributed by atoms with Crippen LogP contribution in [0.25, 0.3) is 0 Å². The van der Waals surface area contributed by atoms with Gasteiger partial charge in [0.15, 0.2) is 0 Å². The lowest BCUT2D eigenvalue weighted by Gasteiger charge is -2.04. The van der Waals surface area contributed by atoms with E-state index in [4.69, 9.17) is 4.74 Å². The van der Waals surface area contributed by atoms with Gasteiger partial charge in [-0.2, -0.15) is 0 Å². The average molecular weight is 214 g/mol. The minimum atomic E-state index is 0.521. The maximum Gasteiger partial charge on any atom is 0.119 e. The maximum atomic E-state index is 5.29. The van der Waals surface area contributed by atoms with E-state index in [1.807, 2.05) is 13.1 Å². The number of nitrogens with one attached hydrogen (secondary N) is 1. The van der Waals surface area contributed by atoms with E-state index >= 15 is 0 Å². The summed E-state index contributed by atoms with van der Waals surface area (Å²) in [7, 11) is 0. The predicted molar refractivity (Wildman–Crippen MR) is 59.4 cm³/mol. The number of hydrogen-bond acceptors (Lipinski definition) is 4. The summed E-state index contributed by atoms with van der Waals surface area (Å²) in [6.07, 6.45) is 1.92. The van der Waals surface area contributed by atoms with Crippen molar-refractivity contribution in [3.63, 3.8) is 0 Å². The van der Waals surface area contributed by atoms with E-state index in [0.29, 0.717) is 12.6 Å². The third-order valence-electron chi connectivity index (χ3n) is 1.72. The smallest absolute Gasteiger partial charge is 0.119 e. The Morgan fingerprint density at radius 3 is 3.00 bits per heavy atom. The van der Waals surface area contributed by atoms with Crippen LogP contribution in [0, 0.1) is 0 Å². The number of rotatable bonds is 6. The first kappa shape index (κ1) is 11.6. The lowest BCUT2D eigenvalue weighted by atomic mass is 10.4. The largest absolute Gasteiger partial charge is 0.375 e. The van der Waals surface area contributed by atoms with Crippen LogP contribution in [0.5, 0.6) is 0 Å². The van der Waals surface area contributed by atoms with E-state index in [-0.39, 0.29) is 0 Å². The molecule has 1 aromatic heterocycles. The molecule has 1 heterocycles. The molecule has 0 aliphatic rings. The highest BCUT2D eigenvalue weighted by molar-refractivity contribution is 7.11. The standard InChI is InChI=1S/C10H18N2OS/c1-4-13-7-10-12-6-9(14-10)5-11-8(2)3/h6,8,11H,4-5,7H2,1-3H3. The summed E-state index contributed by atoms with van der Waals surface area (Å²) in [5.74, 6) is 0. The molecule has 0 fully saturated rings. The van der Waals surface area contributed by atoms with Crippen molar-refractivity contribution in [2.75, 3.05) is 6.61 Å². The third kappa shape index (κ3) is 4.17. The summed E-state index contributed by atoms with van der Waals surface area (Å²) < 4.78 is 5.29. The van der Waals surface area contributed by atoms with Crippen molar-refractivity contribution in [1.29, 1.82) is 0 Å². The molecule has 0 unspecified atom stereocenters. The molecule has 0 amide bonds. The van der Waals surface area contributed by atoms with Crippen molar-refractivity contribution in [2.45, 2.75) is 40.0 Å². The molecular weight excluding hydrogens is 196 g/mol. The molecule has 0 bridgehead atoms. The Kier molecular flexibility index (Phi) is 5.07. The summed E-state index contributed by atoms with van der Waals surface area (Å²) in [4.78, 5) is 5.56. The van der Waals surface area contributed by atoms with Crippen LogP contribution < -0.4 is 5.32 Å². The third-order valence-corrected chi connectivity index (χ3v) is 2.69. The Morgan fingerprint density at radius 1 is 1.57 bits per heavy atom. The molecule has 4 heteroatoms. The molecule has 0 radical (unpaired) electrons. The summed E-state index contributed by atoms with van der Waals surface area (Å²) in [6.45, 7) is 8.57. The van der Waals surface area contributed by atoms with Gasteiger partial charge >= 0.3 is 0 Å². The molecule has 0 saturated heterocycles. The van der Waals surface area contributed by atoms with Crippen LogP contribution in [-0.4, -0.2) is 17.6 Å². The normalized spacial score (nSPS) is 11.1. The zero-order valence-electron chi connectivity index (χ0n) is 9.04. The van der Waals surface area contributed by atoms with Gasteiger partial charge in [-0.25, -0.2) is 4.98 Å². The number of nitrogens with zero attached hydrogens (tertiary/aromatic N) is 1. The molecule has 80 valence electrons. The van der Waals surface area contributed by atoms with Crippen molar-refractivity contribution in [3.05, 3.63) is 16.1 Å². The molecule has 1 aromatic rings. The summed E-state index contributed by atoms with van der Waals surface area (Å²) >= 11 is 1.72. The number of ether oxygens (including phenoxy) is 1. The topological polar surface area (TPSA) is 34.1 Å². The Balaban J connectivity index is 2.35. The van der Waals surface area contributed by atoms with Crippen LogP contribution in [-0.2, 0) is 17.9 Å². The minimum absolute atomic E-state index is 0.521. The van der Waals surface area contributed by atoms with E-state index in [1.165, 1.54) is 4.88 Å². The van der Waals surface area contributed by atoms with Crippen molar-refractivity contribution in [2.24, 2.45) is 0 Å². The molecule has 0 aliphatic heterocycles. The van der Waals surface area contributed by atoms with Crippen LogP contribution in [0.15, 0.2) is 6.20 Å². The number of aromatic nitrogens is 1. The van der Waals surface area contributed by atoms with E-state index in [0.717, 1.165) is 18.2 Å². The Morgan fingerprint density at radius 2 is 2.36 bits per heavy atom. The molecule has 0 spiro atoms. The van der Waals surface area contributed by atoms with Crippen molar-refractivity contribution >= 4 is 11.3 Å². The van der Waals surface area contributed by atoms with Crippen molar-refractivity contribution in [1.82, 2.24) is 10.3 Å². The Labute approximate surface area is 89.5 Å². The minimum Gasteiger partial charge on any atom is -0.375 e. The molecule has 0 atom stereocenters. The fraction of sp³-hybridized carbons (Fsp3) is 0.700. The average Bonchev–Trinajstić information content (AvgIpc) is 2.59. The van der Waals surface area contributed by atoms with E-state index in [9.17, 15) is 0 Å². The first-order valence-corrected chi connectivity index (χ1v) is 5.78. The quantitative estimate of drug-likeness (QED) is 0.788. The van der Waals surface area contributed by atoms with Crippen LogP contribution in [0.4, 0.5) is 0 Å². The van der Waals surface area contributed by atoms with Crippen LogP contribution in [0.3, 0.4) is 0 Å². The summed E-state index contributed by atoms with van der Waals surface area (Å²) in [5.41, 5.74) is 0. The Hall–Kier alpha value is -0.450. The van der Waals surface area contributed by atoms with Crippen LogP contribution in [0.2, 0.25) is 0 Å². The zero-order valence-corrected chi connectivity index (χ0v) is 9.86.